The number of aromatic nitrogens is 2. The number of halogens is 1. The van der Waals surface area contributed by atoms with Gasteiger partial charge in [0.15, 0.2) is 0 Å². The summed E-state index contributed by atoms with van der Waals surface area (Å²) in [6, 6.07) is 7.96. The highest BCUT2D eigenvalue weighted by Crippen LogP contribution is 2.19. The van der Waals surface area contributed by atoms with E-state index < -0.39 is 39.5 Å². The van der Waals surface area contributed by atoms with E-state index in [-0.39, 0.29) is 21.5 Å². The van der Waals surface area contributed by atoms with Gasteiger partial charge in [-0.1, -0.05) is 6.07 Å². The first kappa shape index (κ1) is 22.4. The molecule has 0 aliphatic rings. The molecule has 2 aromatic carbocycles. The van der Waals surface area contributed by atoms with Gasteiger partial charge in [0, 0.05) is 26.8 Å². The standard InChI is InChI=1S/C20H21FN4O5S/c1-12-5-6-13(9-16(12)21)22-18(26)11-23(2)31(29,30)14-7-8-17-15(10-14)19(27)25(4)20(28)24(17)3/h5-10H,11H2,1-4H3,(H,22,26). The fourth-order valence-electron chi connectivity index (χ4n) is 3.07. The number of anilines is 1. The number of amides is 1. The highest BCUT2D eigenvalue weighted by molar-refractivity contribution is 7.89. The average Bonchev–Trinajstić information content (AvgIpc) is 2.72. The van der Waals surface area contributed by atoms with E-state index in [2.05, 4.69) is 5.32 Å². The first-order valence-electron chi connectivity index (χ1n) is 9.15. The van der Waals surface area contributed by atoms with Crippen LogP contribution in [0.5, 0.6) is 0 Å². The maximum Gasteiger partial charge on any atom is 0.330 e. The lowest BCUT2D eigenvalue weighted by Gasteiger charge is -2.17. The summed E-state index contributed by atoms with van der Waals surface area (Å²) < 4.78 is 42.4. The second-order valence-electron chi connectivity index (χ2n) is 7.16. The number of hydrogen-bond donors (Lipinski definition) is 1. The minimum absolute atomic E-state index is 0.0543. The molecular weight excluding hydrogens is 427 g/mol. The molecule has 0 fully saturated rings. The molecule has 0 saturated carbocycles. The quantitative estimate of drug-likeness (QED) is 0.625. The van der Waals surface area contributed by atoms with Crippen molar-refractivity contribution in [2.24, 2.45) is 14.1 Å². The van der Waals surface area contributed by atoms with Gasteiger partial charge in [-0.3, -0.25) is 18.7 Å². The molecule has 0 saturated heterocycles. The normalized spacial score (nSPS) is 11.8. The molecule has 1 amide bonds. The van der Waals surface area contributed by atoms with E-state index in [9.17, 15) is 27.2 Å². The molecule has 164 valence electrons. The Labute approximate surface area is 177 Å². The Morgan fingerprint density at radius 3 is 2.42 bits per heavy atom. The molecule has 0 aliphatic carbocycles. The van der Waals surface area contributed by atoms with Crippen LogP contribution < -0.4 is 16.6 Å². The number of nitrogens with one attached hydrogen (secondary N) is 1. The molecule has 31 heavy (non-hydrogen) atoms. The Morgan fingerprint density at radius 2 is 1.77 bits per heavy atom. The van der Waals surface area contributed by atoms with Crippen LogP contribution in [0.15, 0.2) is 50.9 Å². The summed E-state index contributed by atoms with van der Waals surface area (Å²) in [4.78, 5) is 36.5. The molecule has 0 atom stereocenters. The molecule has 1 aromatic heterocycles. The van der Waals surface area contributed by atoms with E-state index in [0.29, 0.717) is 5.56 Å². The van der Waals surface area contributed by atoms with Crippen molar-refractivity contribution in [1.82, 2.24) is 13.4 Å². The molecule has 3 rings (SSSR count). The van der Waals surface area contributed by atoms with Crippen LogP contribution in [0.2, 0.25) is 0 Å². The summed E-state index contributed by atoms with van der Waals surface area (Å²) in [7, 11) is -0.130. The highest BCUT2D eigenvalue weighted by atomic mass is 32.2. The number of nitrogens with zero attached hydrogens (tertiary/aromatic N) is 3. The number of rotatable bonds is 5. The molecule has 1 N–H and O–H groups in total. The third-order valence-electron chi connectivity index (χ3n) is 4.97. The van der Waals surface area contributed by atoms with E-state index in [1.165, 1.54) is 56.0 Å². The molecule has 1 heterocycles. The van der Waals surface area contributed by atoms with E-state index in [1.807, 2.05) is 0 Å². The summed E-state index contributed by atoms with van der Waals surface area (Å²) in [5.41, 5.74) is -0.258. The van der Waals surface area contributed by atoms with Crippen molar-refractivity contribution < 1.29 is 17.6 Å². The highest BCUT2D eigenvalue weighted by Gasteiger charge is 2.24. The zero-order valence-electron chi connectivity index (χ0n) is 17.3. The summed E-state index contributed by atoms with van der Waals surface area (Å²) in [6.07, 6.45) is 0. The monoisotopic (exact) mass is 448 g/mol. The van der Waals surface area contributed by atoms with Crippen molar-refractivity contribution in [2.45, 2.75) is 11.8 Å². The Balaban J connectivity index is 1.89. The van der Waals surface area contributed by atoms with Gasteiger partial charge in [-0.25, -0.2) is 17.6 Å². The number of likely N-dealkylation sites (N-methyl/N-ethyl adjacent to an activating group) is 1. The number of carbonyl (C=O) groups is 1. The molecule has 9 nitrogen and oxygen atoms in total. The third kappa shape index (κ3) is 4.14. The number of aryl methyl sites for hydroxylation is 2. The zero-order chi connectivity index (χ0) is 23.1. The zero-order valence-corrected chi connectivity index (χ0v) is 18.2. The molecule has 0 bridgehead atoms. The Bertz CT molecular complexity index is 1430. The molecular formula is C20H21FN4O5S. The van der Waals surface area contributed by atoms with Crippen molar-refractivity contribution in [1.29, 1.82) is 0 Å². The van der Waals surface area contributed by atoms with Crippen molar-refractivity contribution >= 4 is 32.5 Å². The van der Waals surface area contributed by atoms with E-state index in [4.69, 9.17) is 0 Å². The van der Waals surface area contributed by atoms with Gasteiger partial charge in [-0.15, -0.1) is 0 Å². The van der Waals surface area contributed by atoms with Gasteiger partial charge in [-0.05, 0) is 42.8 Å². The minimum Gasteiger partial charge on any atom is -0.325 e. The largest absolute Gasteiger partial charge is 0.330 e. The topological polar surface area (TPSA) is 110 Å². The average molecular weight is 448 g/mol. The fourth-order valence-corrected chi connectivity index (χ4v) is 4.23. The molecule has 0 radical (unpaired) electrons. The number of hydrogen-bond acceptors (Lipinski definition) is 5. The molecule has 3 aromatic rings. The van der Waals surface area contributed by atoms with Crippen LogP contribution in [0.1, 0.15) is 5.56 Å². The second kappa shape index (κ2) is 8.08. The van der Waals surface area contributed by atoms with Crippen LogP contribution in [0, 0.1) is 12.7 Å². The predicted molar refractivity (Wildman–Crippen MR) is 114 cm³/mol. The summed E-state index contributed by atoms with van der Waals surface area (Å²) in [6.45, 7) is 1.05. The summed E-state index contributed by atoms with van der Waals surface area (Å²) in [5.74, 6) is -1.15. The van der Waals surface area contributed by atoms with Crippen LogP contribution >= 0.6 is 0 Å². The molecule has 0 aliphatic heterocycles. The van der Waals surface area contributed by atoms with Gasteiger partial charge < -0.3 is 5.32 Å². The number of fused-ring (bicyclic) bond motifs is 1. The van der Waals surface area contributed by atoms with E-state index in [0.717, 1.165) is 14.9 Å². The predicted octanol–water partition coefficient (Wildman–Crippen LogP) is 0.944. The van der Waals surface area contributed by atoms with Crippen molar-refractivity contribution in [2.75, 3.05) is 18.9 Å². The Kier molecular flexibility index (Phi) is 5.83. The van der Waals surface area contributed by atoms with Crippen molar-refractivity contribution in [3.63, 3.8) is 0 Å². The summed E-state index contributed by atoms with van der Waals surface area (Å²) in [5, 5.41) is 2.50. The Morgan fingerprint density at radius 1 is 1.10 bits per heavy atom. The van der Waals surface area contributed by atoms with Crippen molar-refractivity contribution in [3.05, 3.63) is 68.6 Å². The number of sulfonamides is 1. The lowest BCUT2D eigenvalue weighted by atomic mass is 10.2. The van der Waals surface area contributed by atoms with Crippen molar-refractivity contribution in [3.8, 4) is 0 Å². The van der Waals surface area contributed by atoms with Crippen LogP contribution in [0.25, 0.3) is 10.9 Å². The Hall–Kier alpha value is -3.31. The van der Waals surface area contributed by atoms with Gasteiger partial charge in [0.1, 0.15) is 5.82 Å². The van der Waals surface area contributed by atoms with Gasteiger partial charge in [0.25, 0.3) is 5.56 Å². The first-order valence-corrected chi connectivity index (χ1v) is 10.6. The number of benzene rings is 2. The second-order valence-corrected chi connectivity index (χ2v) is 9.20. The SMILES string of the molecule is Cc1ccc(NC(=O)CN(C)S(=O)(=O)c2ccc3c(c2)c(=O)n(C)c(=O)n3C)cc1F. The van der Waals surface area contributed by atoms with Gasteiger partial charge >= 0.3 is 5.69 Å². The fraction of sp³-hybridized carbons (Fsp3) is 0.250. The maximum atomic E-state index is 13.6. The lowest BCUT2D eigenvalue weighted by Crippen LogP contribution is -2.37. The van der Waals surface area contributed by atoms with Crippen LogP contribution in [-0.4, -0.2) is 41.4 Å². The number of carbonyl (C=O) groups excluding carboxylic acids is 1. The van der Waals surface area contributed by atoms with E-state index >= 15 is 0 Å². The minimum atomic E-state index is -4.12. The first-order chi connectivity index (χ1) is 14.4. The van der Waals surface area contributed by atoms with Crippen LogP contribution in [-0.2, 0) is 28.9 Å². The maximum absolute atomic E-state index is 13.6. The summed E-state index contributed by atoms with van der Waals surface area (Å²) >= 11 is 0. The van der Waals surface area contributed by atoms with Crippen LogP contribution in [0.3, 0.4) is 0 Å². The van der Waals surface area contributed by atoms with Crippen LogP contribution in [0.4, 0.5) is 10.1 Å². The molecule has 11 heteroatoms. The molecule has 0 spiro atoms. The van der Waals surface area contributed by atoms with Gasteiger partial charge in [0.2, 0.25) is 15.9 Å². The van der Waals surface area contributed by atoms with Gasteiger partial charge in [-0.2, -0.15) is 4.31 Å². The third-order valence-corrected chi connectivity index (χ3v) is 6.77. The van der Waals surface area contributed by atoms with Gasteiger partial charge in [0.05, 0.1) is 22.3 Å². The smallest absolute Gasteiger partial charge is 0.325 e. The molecule has 0 unspecified atom stereocenters. The lowest BCUT2D eigenvalue weighted by molar-refractivity contribution is -0.116. The van der Waals surface area contributed by atoms with E-state index in [1.54, 1.807) is 6.92 Å².